The van der Waals surface area contributed by atoms with Crippen LogP contribution in [0.2, 0.25) is 0 Å². The summed E-state index contributed by atoms with van der Waals surface area (Å²) in [5.41, 5.74) is 0.454. The van der Waals surface area contributed by atoms with Crippen molar-refractivity contribution in [2.75, 3.05) is 5.32 Å². The Hall–Kier alpha value is -2.82. The van der Waals surface area contributed by atoms with Gasteiger partial charge in [-0.1, -0.05) is 11.3 Å². The molecular formula is C13H10F3N5O2S. The second-order valence-corrected chi connectivity index (χ2v) is 5.57. The van der Waals surface area contributed by atoms with Gasteiger partial charge in [-0.05, 0) is 12.1 Å². The fourth-order valence-corrected chi connectivity index (χ4v) is 2.74. The van der Waals surface area contributed by atoms with Crippen LogP contribution >= 0.6 is 11.3 Å². The monoisotopic (exact) mass is 357 g/mol. The number of H-pyrrole nitrogens is 1. The molecule has 7 nitrogen and oxygen atoms in total. The van der Waals surface area contributed by atoms with Gasteiger partial charge in [-0.15, -0.1) is 13.2 Å². The first kappa shape index (κ1) is 16.1. The number of aromatic nitrogens is 3. The minimum atomic E-state index is -4.76. The zero-order valence-corrected chi connectivity index (χ0v) is 12.7. The number of thiazole rings is 1. The highest BCUT2D eigenvalue weighted by Gasteiger charge is 2.31. The number of rotatable bonds is 4. The molecular weight excluding hydrogens is 347 g/mol. The van der Waals surface area contributed by atoms with E-state index in [9.17, 15) is 18.0 Å². The van der Waals surface area contributed by atoms with Gasteiger partial charge in [0.05, 0.1) is 16.8 Å². The molecule has 3 N–H and O–H groups in total. The number of fused-ring (bicyclic) bond motifs is 1. The van der Waals surface area contributed by atoms with Crippen LogP contribution in [0, 0.1) is 0 Å². The van der Waals surface area contributed by atoms with Crippen LogP contribution < -0.4 is 15.4 Å². The number of nitrogens with one attached hydrogen (secondary N) is 3. The molecule has 0 saturated carbocycles. The van der Waals surface area contributed by atoms with E-state index >= 15 is 0 Å². The van der Waals surface area contributed by atoms with E-state index in [1.165, 1.54) is 12.1 Å². The van der Waals surface area contributed by atoms with Crippen molar-refractivity contribution in [2.45, 2.75) is 12.9 Å². The average Bonchev–Trinajstić information content (AvgIpc) is 3.11. The number of aromatic amines is 1. The Morgan fingerprint density at radius 2 is 2.21 bits per heavy atom. The SMILES string of the molecule is O=C(NCc1ncc[nH]1)Nc1nc2ccc(OC(F)(F)F)cc2s1. The molecule has 3 aromatic rings. The van der Waals surface area contributed by atoms with Gasteiger partial charge in [-0.3, -0.25) is 5.32 Å². The Morgan fingerprint density at radius 3 is 2.92 bits per heavy atom. The molecule has 0 bridgehead atoms. The highest BCUT2D eigenvalue weighted by Crippen LogP contribution is 2.31. The normalized spacial score (nSPS) is 11.5. The van der Waals surface area contributed by atoms with Gasteiger partial charge in [0.1, 0.15) is 11.6 Å². The third-order valence-corrected chi connectivity index (χ3v) is 3.72. The standard InChI is InChI=1S/C13H10F3N5O2S/c14-13(15,16)23-7-1-2-8-9(5-7)24-12(20-8)21-11(22)19-6-10-17-3-4-18-10/h1-5H,6H2,(H,17,18)(H2,19,20,21,22). The van der Waals surface area contributed by atoms with Gasteiger partial charge in [0.2, 0.25) is 0 Å². The molecule has 126 valence electrons. The molecule has 1 aromatic carbocycles. The molecule has 0 spiro atoms. The van der Waals surface area contributed by atoms with Gasteiger partial charge < -0.3 is 15.0 Å². The Labute approximate surface area is 136 Å². The minimum absolute atomic E-state index is 0.202. The molecule has 0 fully saturated rings. The van der Waals surface area contributed by atoms with Crippen LogP contribution in [0.4, 0.5) is 23.1 Å². The fourth-order valence-electron chi connectivity index (χ4n) is 1.86. The van der Waals surface area contributed by atoms with Crippen molar-refractivity contribution in [3.63, 3.8) is 0 Å². The maximum atomic E-state index is 12.2. The minimum Gasteiger partial charge on any atom is -0.406 e. The summed E-state index contributed by atoms with van der Waals surface area (Å²) in [6, 6.07) is 3.26. The molecule has 0 aliphatic rings. The summed E-state index contributed by atoms with van der Waals surface area (Å²) in [6.45, 7) is 0.202. The number of imidazole rings is 1. The zero-order valence-electron chi connectivity index (χ0n) is 11.8. The first-order valence-corrected chi connectivity index (χ1v) is 7.40. The summed E-state index contributed by atoms with van der Waals surface area (Å²) in [5.74, 6) is 0.246. The summed E-state index contributed by atoms with van der Waals surface area (Å²) < 4.78 is 40.9. The second kappa shape index (κ2) is 6.35. The zero-order chi connectivity index (χ0) is 17.2. The van der Waals surface area contributed by atoms with Gasteiger partial charge >= 0.3 is 12.4 Å². The predicted octanol–water partition coefficient (Wildman–Crippen LogP) is 3.24. The number of amides is 2. The Kier molecular flexibility index (Phi) is 4.25. The van der Waals surface area contributed by atoms with E-state index in [1.54, 1.807) is 12.4 Å². The number of hydrogen-bond acceptors (Lipinski definition) is 5. The maximum Gasteiger partial charge on any atom is 0.573 e. The first-order valence-electron chi connectivity index (χ1n) is 6.58. The quantitative estimate of drug-likeness (QED) is 0.668. The highest BCUT2D eigenvalue weighted by atomic mass is 32.1. The number of nitrogens with zero attached hydrogens (tertiary/aromatic N) is 2. The fraction of sp³-hybridized carbons (Fsp3) is 0.154. The van der Waals surface area contributed by atoms with E-state index < -0.39 is 12.4 Å². The lowest BCUT2D eigenvalue weighted by atomic mass is 10.3. The molecule has 2 heterocycles. The number of carbonyl (C=O) groups excluding carboxylic acids is 1. The first-order chi connectivity index (χ1) is 11.4. The van der Waals surface area contributed by atoms with Crippen molar-refractivity contribution in [1.29, 1.82) is 0 Å². The van der Waals surface area contributed by atoms with Crippen molar-refractivity contribution in [3.8, 4) is 5.75 Å². The molecule has 2 amide bonds. The third kappa shape index (κ3) is 4.13. The summed E-state index contributed by atoms with van der Waals surface area (Å²) in [6.07, 6.45) is -1.57. The van der Waals surface area contributed by atoms with E-state index in [2.05, 4.69) is 30.3 Å². The summed E-state index contributed by atoms with van der Waals surface area (Å²) in [7, 11) is 0. The van der Waals surface area contributed by atoms with Gasteiger partial charge in [0, 0.05) is 18.5 Å². The number of carbonyl (C=O) groups is 1. The van der Waals surface area contributed by atoms with Crippen LogP contribution in [0.25, 0.3) is 10.2 Å². The van der Waals surface area contributed by atoms with E-state index in [0.29, 0.717) is 16.0 Å². The number of alkyl halides is 3. The molecule has 0 aliphatic heterocycles. The van der Waals surface area contributed by atoms with Crippen molar-refractivity contribution in [3.05, 3.63) is 36.4 Å². The van der Waals surface area contributed by atoms with Crippen LogP contribution in [0.5, 0.6) is 5.75 Å². The van der Waals surface area contributed by atoms with Crippen LogP contribution in [0.3, 0.4) is 0 Å². The summed E-state index contributed by atoms with van der Waals surface area (Å²) in [4.78, 5) is 22.7. The van der Waals surface area contributed by atoms with Crippen LogP contribution in [-0.2, 0) is 6.54 Å². The van der Waals surface area contributed by atoms with Crippen molar-refractivity contribution in [2.24, 2.45) is 0 Å². The number of hydrogen-bond donors (Lipinski definition) is 3. The number of benzene rings is 1. The Bertz CT molecular complexity index is 847. The van der Waals surface area contributed by atoms with E-state index in [-0.39, 0.29) is 17.4 Å². The van der Waals surface area contributed by atoms with Gasteiger partial charge in [-0.2, -0.15) is 0 Å². The lowest BCUT2D eigenvalue weighted by Gasteiger charge is -2.07. The van der Waals surface area contributed by atoms with Crippen molar-refractivity contribution < 1.29 is 22.7 Å². The molecule has 0 unspecified atom stereocenters. The topological polar surface area (TPSA) is 91.9 Å². The summed E-state index contributed by atoms with van der Waals surface area (Å²) in [5, 5.41) is 5.34. The lowest BCUT2D eigenvalue weighted by molar-refractivity contribution is -0.274. The molecule has 24 heavy (non-hydrogen) atoms. The maximum absolute atomic E-state index is 12.2. The molecule has 0 saturated heterocycles. The van der Waals surface area contributed by atoms with Crippen LogP contribution in [0.15, 0.2) is 30.6 Å². The van der Waals surface area contributed by atoms with E-state index in [0.717, 1.165) is 17.4 Å². The Balaban J connectivity index is 1.65. The van der Waals surface area contributed by atoms with Gasteiger partial charge in [-0.25, -0.2) is 14.8 Å². The van der Waals surface area contributed by atoms with E-state index in [1.807, 2.05) is 0 Å². The van der Waals surface area contributed by atoms with Crippen molar-refractivity contribution in [1.82, 2.24) is 20.3 Å². The number of urea groups is 1. The Morgan fingerprint density at radius 1 is 1.38 bits per heavy atom. The second-order valence-electron chi connectivity index (χ2n) is 4.54. The van der Waals surface area contributed by atoms with Crippen molar-refractivity contribution >= 4 is 32.7 Å². The molecule has 11 heteroatoms. The van der Waals surface area contributed by atoms with E-state index in [4.69, 9.17) is 0 Å². The summed E-state index contributed by atoms with van der Waals surface area (Å²) >= 11 is 1.04. The highest BCUT2D eigenvalue weighted by molar-refractivity contribution is 7.22. The third-order valence-electron chi connectivity index (χ3n) is 2.79. The largest absolute Gasteiger partial charge is 0.573 e. The number of ether oxygens (including phenoxy) is 1. The molecule has 3 rings (SSSR count). The van der Waals surface area contributed by atoms with Gasteiger partial charge in [0.15, 0.2) is 5.13 Å². The predicted molar refractivity (Wildman–Crippen MR) is 80.7 cm³/mol. The molecule has 0 radical (unpaired) electrons. The molecule has 0 aliphatic carbocycles. The van der Waals surface area contributed by atoms with Crippen LogP contribution in [0.1, 0.15) is 5.82 Å². The molecule has 2 aromatic heterocycles. The van der Waals surface area contributed by atoms with Gasteiger partial charge in [0.25, 0.3) is 0 Å². The number of halogens is 3. The smallest absolute Gasteiger partial charge is 0.406 e. The molecule has 0 atom stereocenters. The van der Waals surface area contributed by atoms with Crippen LogP contribution in [-0.4, -0.2) is 27.3 Å². The average molecular weight is 357 g/mol. The lowest BCUT2D eigenvalue weighted by Crippen LogP contribution is -2.28. The number of anilines is 1.